The first kappa shape index (κ1) is 54.8. The van der Waals surface area contributed by atoms with Crippen LogP contribution in [-0.2, 0) is 37.1 Å². The molecular formula is C45H15F27N4. The van der Waals surface area contributed by atoms with Gasteiger partial charge in [0, 0.05) is 16.7 Å². The van der Waals surface area contributed by atoms with E-state index in [0.29, 0.717) is 0 Å². The second-order valence-corrected chi connectivity index (χ2v) is 16.1. The van der Waals surface area contributed by atoms with Gasteiger partial charge in [0.2, 0.25) is 0 Å². The molecule has 0 atom stereocenters. The number of aromatic nitrogens is 4. The number of benzene rings is 3. The Bertz CT molecular complexity index is 3620. The summed E-state index contributed by atoms with van der Waals surface area (Å²) >= 11 is 0. The van der Waals surface area contributed by atoms with E-state index in [1.807, 2.05) is 0 Å². The molecule has 3 N–H and O–H groups in total. The highest BCUT2D eigenvalue weighted by Crippen LogP contribution is 2.58. The van der Waals surface area contributed by atoms with Crippen LogP contribution >= 0.6 is 0 Å². The van der Waals surface area contributed by atoms with Crippen molar-refractivity contribution in [2.75, 3.05) is 0 Å². The molecule has 0 radical (unpaired) electrons. The topological polar surface area (TPSA) is 60.3 Å². The fourth-order valence-corrected chi connectivity index (χ4v) is 8.77. The molecule has 0 aliphatic carbocycles. The average Bonchev–Trinajstić information content (AvgIpc) is 4.04. The van der Waals surface area contributed by atoms with Gasteiger partial charge in [-0.2, -0.15) is 105 Å². The number of rotatable bonds is 3. The number of alkyl halides is 24. The highest BCUT2D eigenvalue weighted by molar-refractivity contribution is 6.10. The minimum absolute atomic E-state index is 0.00727. The Hall–Kier alpha value is -7.50. The molecule has 404 valence electrons. The smallest absolute Gasteiger partial charge is 0.353 e. The number of H-pyrrole nitrogens is 3. The molecule has 8 bridgehead atoms. The summed E-state index contributed by atoms with van der Waals surface area (Å²) in [6.07, 6.45) is -55.2. The number of hydrogen-bond acceptors (Lipinski definition) is 1. The van der Waals surface area contributed by atoms with E-state index in [2.05, 4.69) is 4.98 Å². The molecule has 7 aromatic rings. The molecule has 0 amide bonds. The molecular weight excluding hydrogens is 1110 g/mol. The predicted molar refractivity (Wildman–Crippen MR) is 211 cm³/mol. The van der Waals surface area contributed by atoms with Crippen molar-refractivity contribution in [2.45, 2.75) is 49.4 Å². The van der Waals surface area contributed by atoms with Crippen molar-refractivity contribution in [2.24, 2.45) is 0 Å². The summed E-state index contributed by atoms with van der Waals surface area (Å²) in [5, 5.41) is 0. The van der Waals surface area contributed by atoms with Crippen LogP contribution in [0.3, 0.4) is 0 Å². The van der Waals surface area contributed by atoms with Gasteiger partial charge < -0.3 is 15.0 Å². The summed E-state index contributed by atoms with van der Waals surface area (Å²) in [5.74, 6) is -4.63. The third-order valence-corrected chi connectivity index (χ3v) is 11.3. The maximum absolute atomic E-state index is 15.7. The van der Waals surface area contributed by atoms with Crippen molar-refractivity contribution in [3.63, 3.8) is 0 Å². The molecule has 0 spiro atoms. The number of aromatic amines is 3. The molecule has 3 aromatic carbocycles. The summed E-state index contributed by atoms with van der Waals surface area (Å²) in [5.41, 5.74) is -62.8. The van der Waals surface area contributed by atoms with Crippen LogP contribution in [0.2, 0.25) is 0 Å². The van der Waals surface area contributed by atoms with Gasteiger partial charge in [-0.15, -0.1) is 0 Å². The van der Waals surface area contributed by atoms with Crippen molar-refractivity contribution in [3.8, 4) is 33.4 Å². The van der Waals surface area contributed by atoms with E-state index in [4.69, 9.17) is 0 Å². The maximum Gasteiger partial charge on any atom is 0.419 e. The van der Waals surface area contributed by atoms with Crippen LogP contribution < -0.4 is 0 Å². The van der Waals surface area contributed by atoms with Crippen molar-refractivity contribution in [3.05, 3.63) is 135 Å². The van der Waals surface area contributed by atoms with Crippen molar-refractivity contribution < 1.29 is 119 Å². The van der Waals surface area contributed by atoms with Crippen molar-refractivity contribution in [1.29, 1.82) is 0 Å². The van der Waals surface area contributed by atoms with Gasteiger partial charge in [-0.3, -0.25) is 0 Å². The molecule has 0 fully saturated rings. The number of nitrogens with one attached hydrogen (secondary N) is 3. The van der Waals surface area contributed by atoms with Gasteiger partial charge >= 0.3 is 49.4 Å². The van der Waals surface area contributed by atoms with E-state index in [0.717, 1.165) is 4.98 Å². The lowest BCUT2D eigenvalue weighted by molar-refractivity contribution is -0.160. The fourth-order valence-electron chi connectivity index (χ4n) is 8.77. The van der Waals surface area contributed by atoms with Gasteiger partial charge in [-0.1, -0.05) is 36.4 Å². The first-order chi connectivity index (χ1) is 34.5. The zero-order chi connectivity index (χ0) is 56.7. The Morgan fingerprint density at radius 1 is 0.250 bits per heavy atom. The average molecular weight is 1120 g/mol. The van der Waals surface area contributed by atoms with Crippen molar-refractivity contribution in [1.82, 2.24) is 19.9 Å². The Labute approximate surface area is 400 Å². The van der Waals surface area contributed by atoms with E-state index < -0.39 is 189 Å². The highest BCUT2D eigenvalue weighted by Gasteiger charge is 2.57. The second-order valence-electron chi connectivity index (χ2n) is 16.1. The molecule has 4 aromatic heterocycles. The Morgan fingerprint density at radius 2 is 0.461 bits per heavy atom. The van der Waals surface area contributed by atoms with E-state index in [1.54, 1.807) is 0 Å². The Morgan fingerprint density at radius 3 is 0.711 bits per heavy atom. The van der Waals surface area contributed by atoms with Crippen LogP contribution in [0.4, 0.5) is 119 Å². The number of fused-ring (bicyclic) bond motifs is 9. The monoisotopic (exact) mass is 1120 g/mol. The van der Waals surface area contributed by atoms with E-state index >= 15 is 105 Å². The lowest BCUT2D eigenvalue weighted by Gasteiger charge is -2.17. The van der Waals surface area contributed by atoms with Crippen LogP contribution in [0.25, 0.3) is 77.6 Å². The normalized spacial score (nSPS) is 14.2. The summed E-state index contributed by atoms with van der Waals surface area (Å²) in [4.78, 5) is 6.25. The maximum atomic E-state index is 15.7. The minimum atomic E-state index is -6.98. The lowest BCUT2D eigenvalue weighted by atomic mass is 9.94. The third kappa shape index (κ3) is 9.37. The van der Waals surface area contributed by atoms with E-state index in [1.165, 1.54) is 9.97 Å². The molecule has 5 heterocycles. The van der Waals surface area contributed by atoms with Gasteiger partial charge in [-0.25, -0.2) is 18.2 Å². The molecule has 76 heavy (non-hydrogen) atoms. The summed E-state index contributed by atoms with van der Waals surface area (Å²) < 4.78 is 418. The number of hydrogen-bond donors (Lipinski definition) is 3. The van der Waals surface area contributed by atoms with Gasteiger partial charge in [-0.05, 0) is 53.1 Å². The highest BCUT2D eigenvalue weighted by atomic mass is 19.4. The van der Waals surface area contributed by atoms with Gasteiger partial charge in [0.25, 0.3) is 0 Å². The number of allylic oxidation sites excluding steroid dienone is 2. The van der Waals surface area contributed by atoms with E-state index in [9.17, 15) is 13.2 Å². The molecule has 1 aliphatic rings. The first-order valence-corrected chi connectivity index (χ1v) is 20.0. The molecule has 0 unspecified atom stereocenters. The summed E-state index contributed by atoms with van der Waals surface area (Å²) in [6.45, 7) is 0. The first-order valence-electron chi connectivity index (χ1n) is 20.0. The summed E-state index contributed by atoms with van der Waals surface area (Å²) in [7, 11) is 0. The van der Waals surface area contributed by atoms with Gasteiger partial charge in [0.05, 0.1) is 83.3 Å². The number of nitrogens with zero attached hydrogens (tertiary/aromatic N) is 1. The second kappa shape index (κ2) is 17.3. The SMILES string of the molecule is Fc1ccc(-c2c3nc(c4[nH]c(c(C(F)(F)F)c4C(F)(F)F)c(-c4ccc(F)cc4)c4[nH]c(c(C(F)(F)F)c4C(F)(F)F)c(-c4ccc(F)cc4)c4[nH]c2c(C(F)(F)F)c4C(F)(F)F)C(C(F)(F)F)=C3C(F)(F)F)cc1. The molecule has 8 rings (SSSR count). The van der Waals surface area contributed by atoms with Crippen LogP contribution in [-0.4, -0.2) is 32.3 Å². The van der Waals surface area contributed by atoms with Crippen LogP contribution in [0.15, 0.2) is 72.8 Å². The quantitative estimate of drug-likeness (QED) is 0.152. The number of halogens is 27. The van der Waals surface area contributed by atoms with E-state index in [-0.39, 0.29) is 72.8 Å². The zero-order valence-corrected chi connectivity index (χ0v) is 35.6. The van der Waals surface area contributed by atoms with Crippen molar-refractivity contribution >= 4 is 44.2 Å². The minimum Gasteiger partial charge on any atom is -0.353 e. The predicted octanol–water partition coefficient (Wildman–Crippen LogP) is 18.1. The molecule has 0 saturated heterocycles. The Balaban J connectivity index is 2.01. The molecule has 31 heteroatoms. The lowest BCUT2D eigenvalue weighted by Crippen LogP contribution is -2.19. The zero-order valence-electron chi connectivity index (χ0n) is 35.6. The fraction of sp³-hybridized carbons (Fsp3) is 0.178. The molecule has 0 saturated carbocycles. The Kier molecular flexibility index (Phi) is 12.4. The molecule has 1 aliphatic heterocycles. The van der Waals surface area contributed by atoms with Gasteiger partial charge in [0.1, 0.15) is 23.1 Å². The van der Waals surface area contributed by atoms with Crippen LogP contribution in [0.5, 0.6) is 0 Å². The largest absolute Gasteiger partial charge is 0.419 e. The van der Waals surface area contributed by atoms with Crippen LogP contribution in [0, 0.1) is 17.5 Å². The standard InChI is InChI=1S/C45H15F27N4/c46-16-7-1-13(2-8-16)19-30-22(38(49,50)51)24(40(55,56)57)32(73-30)20(14-3-9-17(47)10-4-14)34-26(42(61,62)63)28(44(67,68)69)36(75-34)37-29(45(70,71)72)27(43(64,65)66)35(76-37)21(15-5-11-18(48)12-6-15)33-25(41(58,59)60)23(31(19)74-33)39(52,53)54/h1-12,73-75H. The third-order valence-electron chi connectivity index (χ3n) is 11.3. The summed E-state index contributed by atoms with van der Waals surface area (Å²) in [6, 6.07) is 0.569. The van der Waals surface area contributed by atoms with Crippen LogP contribution in [0.1, 0.15) is 44.8 Å². The van der Waals surface area contributed by atoms with Gasteiger partial charge in [0.15, 0.2) is 0 Å². The molecule has 4 nitrogen and oxygen atoms in total.